The van der Waals surface area contributed by atoms with Crippen molar-refractivity contribution in [2.24, 2.45) is 11.7 Å². The molecule has 2 aromatic heterocycles. The SMILES string of the molecule is CCC(C)[C@H](N)c1nc(-c2ccc3ncccc3c2)no1. The summed E-state index contributed by atoms with van der Waals surface area (Å²) in [6.45, 7) is 4.17. The van der Waals surface area contributed by atoms with Gasteiger partial charge in [-0.25, -0.2) is 0 Å². The summed E-state index contributed by atoms with van der Waals surface area (Å²) in [6, 6.07) is 9.60. The van der Waals surface area contributed by atoms with Gasteiger partial charge >= 0.3 is 0 Å². The topological polar surface area (TPSA) is 77.8 Å². The molecule has 2 heterocycles. The molecule has 0 saturated heterocycles. The van der Waals surface area contributed by atoms with Crippen molar-refractivity contribution in [1.82, 2.24) is 15.1 Å². The molecule has 2 N–H and O–H groups in total. The van der Waals surface area contributed by atoms with Crippen LogP contribution in [0.15, 0.2) is 41.1 Å². The van der Waals surface area contributed by atoms with Crippen LogP contribution in [-0.2, 0) is 0 Å². The lowest BCUT2D eigenvalue weighted by Crippen LogP contribution is -2.18. The van der Waals surface area contributed by atoms with E-state index in [2.05, 4.69) is 29.0 Å². The van der Waals surface area contributed by atoms with Gasteiger partial charge < -0.3 is 10.3 Å². The first-order valence-electron chi connectivity index (χ1n) is 7.13. The Labute approximate surface area is 123 Å². The fourth-order valence-corrected chi connectivity index (χ4v) is 2.20. The van der Waals surface area contributed by atoms with Crippen molar-refractivity contribution in [3.05, 3.63) is 42.4 Å². The number of fused-ring (bicyclic) bond motifs is 1. The Morgan fingerprint density at radius 3 is 2.95 bits per heavy atom. The van der Waals surface area contributed by atoms with Crippen molar-refractivity contribution in [2.45, 2.75) is 26.3 Å². The van der Waals surface area contributed by atoms with Gasteiger partial charge in [0.15, 0.2) is 0 Å². The van der Waals surface area contributed by atoms with E-state index in [4.69, 9.17) is 10.3 Å². The fraction of sp³-hybridized carbons (Fsp3) is 0.312. The molecule has 108 valence electrons. The molecule has 0 fully saturated rings. The Morgan fingerprint density at radius 2 is 2.14 bits per heavy atom. The van der Waals surface area contributed by atoms with Gasteiger partial charge in [0.1, 0.15) is 0 Å². The van der Waals surface area contributed by atoms with Gasteiger partial charge in [-0.1, -0.05) is 31.5 Å². The number of pyridine rings is 1. The third kappa shape index (κ3) is 2.64. The maximum absolute atomic E-state index is 6.12. The highest BCUT2D eigenvalue weighted by Crippen LogP contribution is 2.25. The van der Waals surface area contributed by atoms with E-state index >= 15 is 0 Å². The highest BCUT2D eigenvalue weighted by Gasteiger charge is 2.20. The average Bonchev–Trinajstić information content (AvgIpc) is 3.02. The summed E-state index contributed by atoms with van der Waals surface area (Å²) in [5.41, 5.74) is 7.97. The van der Waals surface area contributed by atoms with Gasteiger partial charge in [-0.15, -0.1) is 0 Å². The monoisotopic (exact) mass is 282 g/mol. The van der Waals surface area contributed by atoms with E-state index in [0.717, 1.165) is 22.9 Å². The maximum Gasteiger partial charge on any atom is 0.244 e. The quantitative estimate of drug-likeness (QED) is 0.794. The second kappa shape index (κ2) is 5.61. The summed E-state index contributed by atoms with van der Waals surface area (Å²) < 4.78 is 5.31. The van der Waals surface area contributed by atoms with Crippen LogP contribution < -0.4 is 5.73 Å². The van der Waals surface area contributed by atoms with Crippen LogP contribution in [0, 0.1) is 5.92 Å². The largest absolute Gasteiger partial charge is 0.337 e. The predicted molar refractivity (Wildman–Crippen MR) is 81.4 cm³/mol. The average molecular weight is 282 g/mol. The Morgan fingerprint density at radius 1 is 1.29 bits per heavy atom. The molecule has 21 heavy (non-hydrogen) atoms. The molecule has 0 amide bonds. The molecule has 0 aliphatic rings. The first-order chi connectivity index (χ1) is 10.2. The zero-order valence-electron chi connectivity index (χ0n) is 12.2. The van der Waals surface area contributed by atoms with Crippen LogP contribution in [0.1, 0.15) is 32.2 Å². The van der Waals surface area contributed by atoms with Crippen LogP contribution in [0.3, 0.4) is 0 Å². The number of nitrogens with zero attached hydrogens (tertiary/aromatic N) is 3. The zero-order valence-corrected chi connectivity index (χ0v) is 12.2. The van der Waals surface area contributed by atoms with Crippen molar-refractivity contribution in [2.75, 3.05) is 0 Å². The van der Waals surface area contributed by atoms with E-state index in [1.54, 1.807) is 6.20 Å². The molecule has 0 saturated carbocycles. The van der Waals surface area contributed by atoms with Gasteiger partial charge in [-0.05, 0) is 30.2 Å². The van der Waals surface area contributed by atoms with Crippen molar-refractivity contribution in [3.63, 3.8) is 0 Å². The fourth-order valence-electron chi connectivity index (χ4n) is 2.20. The summed E-state index contributed by atoms with van der Waals surface area (Å²) in [5.74, 6) is 1.36. The maximum atomic E-state index is 6.12. The Hall–Kier alpha value is -2.27. The number of hydrogen-bond donors (Lipinski definition) is 1. The van der Waals surface area contributed by atoms with E-state index in [9.17, 15) is 0 Å². The van der Waals surface area contributed by atoms with Crippen LogP contribution in [0.4, 0.5) is 0 Å². The molecule has 0 radical (unpaired) electrons. The number of rotatable bonds is 4. The third-order valence-corrected chi connectivity index (χ3v) is 3.85. The second-order valence-corrected chi connectivity index (χ2v) is 5.28. The van der Waals surface area contributed by atoms with Crippen LogP contribution in [-0.4, -0.2) is 15.1 Å². The summed E-state index contributed by atoms with van der Waals surface area (Å²) >= 11 is 0. The van der Waals surface area contributed by atoms with Crippen molar-refractivity contribution in [3.8, 4) is 11.4 Å². The van der Waals surface area contributed by atoms with Gasteiger partial charge in [0.2, 0.25) is 11.7 Å². The molecular weight excluding hydrogens is 264 g/mol. The van der Waals surface area contributed by atoms with Crippen LogP contribution >= 0.6 is 0 Å². The molecule has 0 aliphatic carbocycles. The minimum atomic E-state index is -0.224. The van der Waals surface area contributed by atoms with Crippen LogP contribution in [0.5, 0.6) is 0 Å². The Kier molecular flexibility index (Phi) is 3.66. The summed E-state index contributed by atoms with van der Waals surface area (Å²) in [7, 11) is 0. The Bertz CT molecular complexity index is 753. The lowest BCUT2D eigenvalue weighted by atomic mass is 10.0. The third-order valence-electron chi connectivity index (χ3n) is 3.85. The van der Waals surface area contributed by atoms with Crippen molar-refractivity contribution in [1.29, 1.82) is 0 Å². The molecule has 1 aromatic carbocycles. The van der Waals surface area contributed by atoms with Crippen molar-refractivity contribution >= 4 is 10.9 Å². The molecule has 5 nitrogen and oxygen atoms in total. The number of hydrogen-bond acceptors (Lipinski definition) is 5. The summed E-state index contributed by atoms with van der Waals surface area (Å²) in [6.07, 6.45) is 2.75. The van der Waals surface area contributed by atoms with Gasteiger partial charge in [-0.3, -0.25) is 4.98 Å². The van der Waals surface area contributed by atoms with Gasteiger partial charge in [-0.2, -0.15) is 4.98 Å². The van der Waals surface area contributed by atoms with E-state index < -0.39 is 0 Å². The van der Waals surface area contributed by atoms with Crippen LogP contribution in [0.25, 0.3) is 22.3 Å². The van der Waals surface area contributed by atoms with E-state index in [-0.39, 0.29) is 6.04 Å². The first kappa shape index (κ1) is 13.7. The minimum Gasteiger partial charge on any atom is -0.337 e. The highest BCUT2D eigenvalue weighted by atomic mass is 16.5. The van der Waals surface area contributed by atoms with Gasteiger partial charge in [0, 0.05) is 17.1 Å². The molecule has 0 aliphatic heterocycles. The standard InChI is InChI=1S/C16H18N4O/c1-3-10(2)14(17)16-19-15(20-21-16)12-6-7-13-11(9-12)5-4-8-18-13/h4-10,14H,3,17H2,1-2H3/t10?,14-/m0/s1. The smallest absolute Gasteiger partial charge is 0.244 e. The molecule has 1 unspecified atom stereocenters. The number of nitrogens with two attached hydrogens (primary N) is 1. The molecule has 5 heteroatoms. The Balaban J connectivity index is 1.94. The van der Waals surface area contributed by atoms with Gasteiger partial charge in [0.05, 0.1) is 11.6 Å². The predicted octanol–water partition coefficient (Wildman–Crippen LogP) is 3.33. The molecule has 0 spiro atoms. The molecule has 2 atom stereocenters. The minimum absolute atomic E-state index is 0.224. The molecular formula is C16H18N4O. The van der Waals surface area contributed by atoms with Gasteiger partial charge in [0.25, 0.3) is 0 Å². The van der Waals surface area contributed by atoms with E-state index in [1.165, 1.54) is 0 Å². The highest BCUT2D eigenvalue weighted by molar-refractivity contribution is 5.82. The number of benzene rings is 1. The van der Waals surface area contributed by atoms with Crippen molar-refractivity contribution < 1.29 is 4.52 Å². The molecule has 3 aromatic rings. The zero-order chi connectivity index (χ0) is 14.8. The summed E-state index contributed by atoms with van der Waals surface area (Å²) in [4.78, 5) is 8.73. The first-order valence-corrected chi connectivity index (χ1v) is 7.13. The normalized spacial score (nSPS) is 14.2. The lowest BCUT2D eigenvalue weighted by Gasteiger charge is -2.12. The van der Waals surface area contributed by atoms with Crippen LogP contribution in [0.2, 0.25) is 0 Å². The van der Waals surface area contributed by atoms with E-state index in [1.807, 2.05) is 30.3 Å². The molecule has 3 rings (SSSR count). The van der Waals surface area contributed by atoms with E-state index in [0.29, 0.717) is 17.6 Å². The second-order valence-electron chi connectivity index (χ2n) is 5.28. The number of aromatic nitrogens is 3. The molecule has 0 bridgehead atoms. The lowest BCUT2D eigenvalue weighted by molar-refractivity contribution is 0.312. The summed E-state index contributed by atoms with van der Waals surface area (Å²) in [5, 5.41) is 5.09.